The molecular formula is C11H15N5O3. The number of nitrogens with two attached hydrogens (primary N) is 1. The first-order valence-electron chi connectivity index (χ1n) is 6.04. The molecule has 0 atom stereocenters. The highest BCUT2D eigenvalue weighted by Crippen LogP contribution is 2.17. The lowest BCUT2D eigenvalue weighted by Crippen LogP contribution is -2.45. The van der Waals surface area contributed by atoms with Gasteiger partial charge in [-0.25, -0.2) is 9.99 Å². The Morgan fingerprint density at radius 2 is 2.11 bits per heavy atom. The van der Waals surface area contributed by atoms with Crippen molar-refractivity contribution in [2.24, 2.45) is 0 Å². The van der Waals surface area contributed by atoms with Crippen LogP contribution in [0.25, 0.3) is 0 Å². The van der Waals surface area contributed by atoms with Crippen LogP contribution < -0.4 is 11.2 Å². The van der Waals surface area contributed by atoms with Gasteiger partial charge in [0.1, 0.15) is 12.0 Å². The van der Waals surface area contributed by atoms with Gasteiger partial charge < -0.3 is 5.73 Å². The third-order valence-electron chi connectivity index (χ3n) is 2.98. The van der Waals surface area contributed by atoms with Crippen molar-refractivity contribution in [3.8, 4) is 0 Å². The van der Waals surface area contributed by atoms with E-state index in [1.807, 2.05) is 0 Å². The van der Waals surface area contributed by atoms with E-state index < -0.39 is 10.8 Å². The third-order valence-corrected chi connectivity index (χ3v) is 2.98. The van der Waals surface area contributed by atoms with Gasteiger partial charge in [0.05, 0.1) is 10.5 Å². The first kappa shape index (κ1) is 13.2. The van der Waals surface area contributed by atoms with Gasteiger partial charge in [0.25, 0.3) is 11.6 Å². The maximum absolute atomic E-state index is 12.0. The number of nitrogens with one attached hydrogen (secondary N) is 1. The Hall–Kier alpha value is -2.22. The van der Waals surface area contributed by atoms with Gasteiger partial charge in [0, 0.05) is 19.2 Å². The molecule has 1 fully saturated rings. The summed E-state index contributed by atoms with van der Waals surface area (Å²) < 4.78 is 0. The molecule has 2 heterocycles. The molecule has 1 aliphatic rings. The maximum Gasteiger partial charge on any atom is 0.288 e. The molecule has 0 saturated carbocycles. The van der Waals surface area contributed by atoms with Gasteiger partial charge in [0.2, 0.25) is 0 Å². The van der Waals surface area contributed by atoms with Gasteiger partial charge in [-0.1, -0.05) is 6.42 Å². The molecule has 1 aliphatic heterocycles. The highest BCUT2D eigenvalue weighted by Gasteiger charge is 2.19. The number of piperidine rings is 1. The number of anilines is 1. The van der Waals surface area contributed by atoms with Crippen LogP contribution in [0.5, 0.6) is 0 Å². The Bertz CT molecular complexity index is 499. The zero-order valence-corrected chi connectivity index (χ0v) is 10.3. The summed E-state index contributed by atoms with van der Waals surface area (Å²) in [7, 11) is 0. The van der Waals surface area contributed by atoms with Crippen LogP contribution in [0.3, 0.4) is 0 Å². The summed E-state index contributed by atoms with van der Waals surface area (Å²) in [5.41, 5.74) is 8.05. The molecule has 3 N–H and O–H groups in total. The van der Waals surface area contributed by atoms with Crippen molar-refractivity contribution in [3.63, 3.8) is 0 Å². The number of nitro groups is 1. The van der Waals surface area contributed by atoms with Crippen LogP contribution in [0.4, 0.5) is 11.5 Å². The lowest BCUT2D eigenvalue weighted by molar-refractivity contribution is -0.385. The van der Waals surface area contributed by atoms with Crippen LogP contribution >= 0.6 is 0 Å². The number of amides is 1. The number of nitrogens with zero attached hydrogens (tertiary/aromatic N) is 3. The largest absolute Gasteiger partial charge is 0.383 e. The van der Waals surface area contributed by atoms with Crippen molar-refractivity contribution in [3.05, 3.63) is 27.9 Å². The molecular weight excluding hydrogens is 250 g/mol. The highest BCUT2D eigenvalue weighted by atomic mass is 16.6. The minimum Gasteiger partial charge on any atom is -0.383 e. The highest BCUT2D eigenvalue weighted by molar-refractivity contribution is 5.98. The van der Waals surface area contributed by atoms with Crippen LogP contribution in [0.15, 0.2) is 12.3 Å². The fraction of sp³-hybridized carbons (Fsp3) is 0.455. The summed E-state index contributed by atoms with van der Waals surface area (Å²) in [5, 5.41) is 12.5. The molecule has 8 nitrogen and oxygen atoms in total. The smallest absolute Gasteiger partial charge is 0.288 e. The lowest BCUT2D eigenvalue weighted by Gasteiger charge is -2.26. The van der Waals surface area contributed by atoms with E-state index in [9.17, 15) is 14.9 Å². The number of hydrogen-bond acceptors (Lipinski definition) is 6. The predicted molar refractivity (Wildman–Crippen MR) is 68.2 cm³/mol. The van der Waals surface area contributed by atoms with E-state index in [1.54, 1.807) is 5.01 Å². The van der Waals surface area contributed by atoms with Gasteiger partial charge >= 0.3 is 0 Å². The summed E-state index contributed by atoms with van der Waals surface area (Å²) >= 11 is 0. The second-order valence-corrected chi connectivity index (χ2v) is 4.37. The molecule has 0 aromatic carbocycles. The van der Waals surface area contributed by atoms with Crippen LogP contribution in [-0.2, 0) is 0 Å². The molecule has 0 radical (unpaired) electrons. The van der Waals surface area contributed by atoms with Gasteiger partial charge in [-0.05, 0) is 12.8 Å². The third kappa shape index (κ3) is 3.16. The van der Waals surface area contributed by atoms with Crippen molar-refractivity contribution >= 4 is 17.4 Å². The number of nitrogen functional groups attached to an aromatic ring is 1. The molecule has 0 spiro atoms. The van der Waals surface area contributed by atoms with Crippen molar-refractivity contribution in [2.45, 2.75) is 19.3 Å². The van der Waals surface area contributed by atoms with E-state index in [2.05, 4.69) is 10.4 Å². The second kappa shape index (κ2) is 5.61. The Morgan fingerprint density at radius 3 is 2.74 bits per heavy atom. The topological polar surface area (TPSA) is 114 Å². The van der Waals surface area contributed by atoms with Crippen LogP contribution in [0, 0.1) is 10.1 Å². The van der Waals surface area contributed by atoms with Gasteiger partial charge in [0.15, 0.2) is 0 Å². The quantitative estimate of drug-likeness (QED) is 0.614. The fourth-order valence-electron chi connectivity index (χ4n) is 1.96. The average Bonchev–Trinajstić information content (AvgIpc) is 2.40. The van der Waals surface area contributed by atoms with Crippen LogP contribution in [0.2, 0.25) is 0 Å². The summed E-state index contributed by atoms with van der Waals surface area (Å²) in [4.78, 5) is 25.7. The van der Waals surface area contributed by atoms with Crippen molar-refractivity contribution in [2.75, 3.05) is 18.8 Å². The number of rotatable bonds is 3. The summed E-state index contributed by atoms with van der Waals surface area (Å²) in [6.45, 7) is 1.54. The van der Waals surface area contributed by atoms with E-state index in [0.29, 0.717) is 0 Å². The Morgan fingerprint density at radius 1 is 1.42 bits per heavy atom. The van der Waals surface area contributed by atoms with Gasteiger partial charge in [-0.3, -0.25) is 20.3 Å². The van der Waals surface area contributed by atoms with E-state index >= 15 is 0 Å². The average molecular weight is 265 g/mol. The molecule has 102 valence electrons. The number of carbonyl (C=O) groups excluding carboxylic acids is 1. The molecule has 19 heavy (non-hydrogen) atoms. The van der Waals surface area contributed by atoms with E-state index in [0.717, 1.165) is 44.6 Å². The van der Waals surface area contributed by atoms with E-state index in [1.165, 1.54) is 0 Å². The molecule has 1 saturated heterocycles. The second-order valence-electron chi connectivity index (χ2n) is 4.37. The molecule has 1 aromatic rings. The number of pyridine rings is 1. The molecule has 1 aromatic heterocycles. The predicted octanol–water partition coefficient (Wildman–Crippen LogP) is 0.703. The van der Waals surface area contributed by atoms with Crippen LogP contribution in [-0.4, -0.2) is 33.9 Å². The molecule has 1 amide bonds. The monoisotopic (exact) mass is 265 g/mol. The minimum absolute atomic E-state index is 0.0138. The fourth-order valence-corrected chi connectivity index (χ4v) is 1.96. The zero-order chi connectivity index (χ0) is 13.8. The lowest BCUT2D eigenvalue weighted by atomic mass is 10.2. The normalized spacial score (nSPS) is 16.0. The van der Waals surface area contributed by atoms with Crippen molar-refractivity contribution in [1.29, 1.82) is 0 Å². The number of hydrogen-bond donors (Lipinski definition) is 2. The SMILES string of the molecule is Nc1ncc([N+](=O)[O-])cc1C(=O)NN1CCCCC1. The van der Waals surface area contributed by atoms with Crippen LogP contribution in [0.1, 0.15) is 29.6 Å². The maximum atomic E-state index is 12.0. The van der Waals surface area contributed by atoms with Gasteiger partial charge in [-0.2, -0.15) is 0 Å². The Labute approximate surface area is 109 Å². The molecule has 0 aliphatic carbocycles. The summed E-state index contributed by atoms with van der Waals surface area (Å²) in [6.07, 6.45) is 4.21. The molecule has 8 heteroatoms. The first-order valence-corrected chi connectivity index (χ1v) is 6.04. The standard InChI is InChI=1S/C11H15N5O3/c12-10-9(6-8(7-13-10)16(18)19)11(17)14-15-4-2-1-3-5-15/h6-7H,1-5H2,(H2,12,13)(H,14,17). The molecule has 2 rings (SSSR count). The number of hydrazine groups is 1. The minimum atomic E-state index is -0.607. The van der Waals surface area contributed by atoms with Gasteiger partial charge in [-0.15, -0.1) is 0 Å². The molecule has 0 bridgehead atoms. The molecule has 0 unspecified atom stereocenters. The van der Waals surface area contributed by atoms with E-state index in [4.69, 9.17) is 5.73 Å². The Balaban J connectivity index is 2.13. The van der Waals surface area contributed by atoms with Crippen molar-refractivity contribution < 1.29 is 9.72 Å². The van der Waals surface area contributed by atoms with E-state index in [-0.39, 0.29) is 17.1 Å². The summed E-state index contributed by atoms with van der Waals surface area (Å²) in [5.74, 6) is -0.476. The van der Waals surface area contributed by atoms with Crippen molar-refractivity contribution in [1.82, 2.24) is 15.4 Å². The zero-order valence-electron chi connectivity index (χ0n) is 10.3. The Kier molecular flexibility index (Phi) is 3.91. The first-order chi connectivity index (χ1) is 9.08. The summed E-state index contributed by atoms with van der Waals surface area (Å²) in [6, 6.07) is 1.14. The number of carbonyl (C=O) groups is 1. The number of aromatic nitrogens is 1.